The molecule has 0 saturated heterocycles. The summed E-state index contributed by atoms with van der Waals surface area (Å²) in [4.78, 5) is 11.4. The zero-order chi connectivity index (χ0) is 12.4. The Hall–Kier alpha value is -1.07. The molecule has 2 rings (SSSR count). The highest BCUT2D eigenvalue weighted by Gasteiger charge is 2.28. The minimum atomic E-state index is -0.538. The molecular weight excluding hydrogens is 288 g/mol. The maximum atomic E-state index is 11.4. The van der Waals surface area contributed by atoms with E-state index < -0.39 is 6.10 Å². The van der Waals surface area contributed by atoms with E-state index in [0.717, 1.165) is 22.0 Å². The molecule has 92 valence electrons. The van der Waals surface area contributed by atoms with Gasteiger partial charge in [-0.3, -0.25) is 0 Å². The van der Waals surface area contributed by atoms with Crippen LogP contribution >= 0.6 is 15.9 Å². The number of rotatable bonds is 2. The van der Waals surface area contributed by atoms with Crippen LogP contribution in [0.1, 0.15) is 17.5 Å². The molecule has 0 aliphatic carbocycles. The van der Waals surface area contributed by atoms with Crippen LogP contribution in [0.2, 0.25) is 0 Å². The molecule has 1 atom stereocenters. The van der Waals surface area contributed by atoms with Crippen molar-refractivity contribution < 1.29 is 19.4 Å². The van der Waals surface area contributed by atoms with Crippen molar-refractivity contribution >= 4 is 21.9 Å². The normalized spacial score (nSPS) is 18.2. The van der Waals surface area contributed by atoms with Crippen molar-refractivity contribution in [1.82, 2.24) is 0 Å². The standard InChI is InChI=1S/C12H13BrO4/c1-16-12(15)10-3-2-8-4-7(6-14)5-9(13)11(8)17-10/h4-5,10,14H,2-3,6H2,1H3. The molecule has 1 heterocycles. The Balaban J connectivity index is 2.29. The average Bonchev–Trinajstić information content (AvgIpc) is 2.37. The number of aliphatic hydroxyl groups is 1. The average molecular weight is 301 g/mol. The lowest BCUT2D eigenvalue weighted by Gasteiger charge is -2.25. The first-order valence-electron chi connectivity index (χ1n) is 5.32. The van der Waals surface area contributed by atoms with E-state index in [9.17, 15) is 4.79 Å². The fraction of sp³-hybridized carbons (Fsp3) is 0.417. The Kier molecular flexibility index (Phi) is 3.69. The second-order valence-electron chi connectivity index (χ2n) is 3.89. The van der Waals surface area contributed by atoms with Crippen LogP contribution < -0.4 is 4.74 Å². The summed E-state index contributed by atoms with van der Waals surface area (Å²) in [5.74, 6) is 0.317. The topological polar surface area (TPSA) is 55.8 Å². The lowest BCUT2D eigenvalue weighted by Crippen LogP contribution is -2.32. The number of hydrogen-bond donors (Lipinski definition) is 1. The van der Waals surface area contributed by atoms with Crippen molar-refractivity contribution in [2.45, 2.75) is 25.6 Å². The third-order valence-electron chi connectivity index (χ3n) is 2.76. The monoisotopic (exact) mass is 300 g/mol. The van der Waals surface area contributed by atoms with Crippen molar-refractivity contribution in [3.8, 4) is 5.75 Å². The van der Waals surface area contributed by atoms with E-state index in [0.29, 0.717) is 12.2 Å². The van der Waals surface area contributed by atoms with E-state index >= 15 is 0 Å². The van der Waals surface area contributed by atoms with Gasteiger partial charge in [-0.15, -0.1) is 0 Å². The third-order valence-corrected chi connectivity index (χ3v) is 3.35. The number of aryl methyl sites for hydroxylation is 1. The van der Waals surface area contributed by atoms with Gasteiger partial charge in [-0.05, 0) is 52.0 Å². The predicted molar refractivity (Wildman–Crippen MR) is 64.8 cm³/mol. The maximum absolute atomic E-state index is 11.4. The minimum absolute atomic E-state index is 0.00763. The summed E-state index contributed by atoms with van der Waals surface area (Å²) in [6.07, 6.45) is 0.798. The number of ether oxygens (including phenoxy) is 2. The molecule has 0 bridgehead atoms. The van der Waals surface area contributed by atoms with E-state index in [2.05, 4.69) is 20.7 Å². The van der Waals surface area contributed by atoms with Crippen LogP contribution in [0.5, 0.6) is 5.75 Å². The van der Waals surface area contributed by atoms with Crippen LogP contribution in [0.15, 0.2) is 16.6 Å². The zero-order valence-corrected chi connectivity index (χ0v) is 11.0. The van der Waals surface area contributed by atoms with E-state index in [1.807, 2.05) is 6.07 Å². The molecule has 1 N–H and O–H groups in total. The molecule has 1 aliphatic heterocycles. The summed E-state index contributed by atoms with van der Waals surface area (Å²) in [7, 11) is 1.35. The van der Waals surface area contributed by atoms with E-state index in [-0.39, 0.29) is 12.6 Å². The van der Waals surface area contributed by atoms with Gasteiger partial charge in [0.05, 0.1) is 18.2 Å². The molecule has 0 fully saturated rings. The van der Waals surface area contributed by atoms with Gasteiger partial charge in [-0.1, -0.05) is 0 Å². The van der Waals surface area contributed by atoms with Crippen molar-refractivity contribution in [1.29, 1.82) is 0 Å². The number of hydrogen-bond acceptors (Lipinski definition) is 4. The molecule has 17 heavy (non-hydrogen) atoms. The highest BCUT2D eigenvalue weighted by molar-refractivity contribution is 9.10. The highest BCUT2D eigenvalue weighted by atomic mass is 79.9. The molecule has 4 nitrogen and oxygen atoms in total. The lowest BCUT2D eigenvalue weighted by atomic mass is 10.00. The number of esters is 1. The number of benzene rings is 1. The largest absolute Gasteiger partial charge is 0.477 e. The smallest absolute Gasteiger partial charge is 0.347 e. The Labute approximate surface area is 108 Å². The van der Waals surface area contributed by atoms with Crippen LogP contribution in [-0.4, -0.2) is 24.3 Å². The van der Waals surface area contributed by atoms with Crippen molar-refractivity contribution in [2.75, 3.05) is 7.11 Å². The van der Waals surface area contributed by atoms with Crippen molar-refractivity contribution in [2.24, 2.45) is 0 Å². The number of aliphatic hydroxyl groups excluding tert-OH is 1. The molecule has 1 aromatic rings. The summed E-state index contributed by atoms with van der Waals surface area (Å²) in [5.41, 5.74) is 1.83. The molecule has 0 aromatic heterocycles. The maximum Gasteiger partial charge on any atom is 0.347 e. The summed E-state index contributed by atoms with van der Waals surface area (Å²) in [6.45, 7) is -0.00763. The van der Waals surface area contributed by atoms with Crippen LogP contribution in [-0.2, 0) is 22.6 Å². The molecule has 0 saturated carbocycles. The number of carbonyl (C=O) groups is 1. The van der Waals surface area contributed by atoms with Crippen molar-refractivity contribution in [3.63, 3.8) is 0 Å². The van der Waals surface area contributed by atoms with Gasteiger partial charge >= 0.3 is 5.97 Å². The number of fused-ring (bicyclic) bond motifs is 1. The fourth-order valence-electron chi connectivity index (χ4n) is 1.91. The van der Waals surface area contributed by atoms with Gasteiger partial charge in [-0.2, -0.15) is 0 Å². The minimum Gasteiger partial charge on any atom is -0.477 e. The van der Waals surface area contributed by atoms with Gasteiger partial charge in [0, 0.05) is 0 Å². The Morgan fingerprint density at radius 2 is 2.41 bits per heavy atom. The summed E-state index contributed by atoms with van der Waals surface area (Å²) in [5, 5.41) is 9.11. The highest BCUT2D eigenvalue weighted by Crippen LogP contribution is 2.36. The van der Waals surface area contributed by atoms with Gasteiger partial charge in [-0.25, -0.2) is 4.79 Å². The zero-order valence-electron chi connectivity index (χ0n) is 9.40. The molecular formula is C12H13BrO4. The Morgan fingerprint density at radius 1 is 1.65 bits per heavy atom. The molecule has 1 aliphatic rings. The number of methoxy groups -OCH3 is 1. The quantitative estimate of drug-likeness (QED) is 0.846. The molecule has 0 amide bonds. The molecule has 0 spiro atoms. The summed E-state index contributed by atoms with van der Waals surface area (Å²) in [6, 6.07) is 3.69. The SMILES string of the molecule is COC(=O)C1CCc2cc(CO)cc(Br)c2O1. The molecule has 1 unspecified atom stereocenters. The Morgan fingerprint density at radius 3 is 3.06 bits per heavy atom. The number of halogens is 1. The Bertz CT molecular complexity index is 444. The van der Waals surface area contributed by atoms with E-state index in [1.165, 1.54) is 7.11 Å². The predicted octanol–water partition coefficient (Wildman–Crippen LogP) is 1.81. The second-order valence-corrected chi connectivity index (χ2v) is 4.75. The first-order valence-corrected chi connectivity index (χ1v) is 6.11. The summed E-state index contributed by atoms with van der Waals surface area (Å²) >= 11 is 3.38. The van der Waals surface area contributed by atoms with Crippen LogP contribution in [0.3, 0.4) is 0 Å². The lowest BCUT2D eigenvalue weighted by molar-refractivity contribution is -0.149. The summed E-state index contributed by atoms with van der Waals surface area (Å²) < 4.78 is 11.0. The van der Waals surface area contributed by atoms with E-state index in [1.54, 1.807) is 6.07 Å². The third kappa shape index (κ3) is 2.45. The second kappa shape index (κ2) is 5.06. The van der Waals surface area contributed by atoms with E-state index in [4.69, 9.17) is 9.84 Å². The first kappa shape index (κ1) is 12.4. The van der Waals surface area contributed by atoms with Crippen LogP contribution in [0.4, 0.5) is 0 Å². The van der Waals surface area contributed by atoms with Gasteiger partial charge in [0.2, 0.25) is 0 Å². The molecule has 1 aromatic carbocycles. The first-order chi connectivity index (χ1) is 8.15. The number of carbonyl (C=O) groups excluding carboxylic acids is 1. The van der Waals surface area contributed by atoms with Gasteiger partial charge in [0.1, 0.15) is 5.75 Å². The molecule has 5 heteroatoms. The van der Waals surface area contributed by atoms with Gasteiger partial charge < -0.3 is 14.6 Å². The van der Waals surface area contributed by atoms with Crippen LogP contribution in [0, 0.1) is 0 Å². The van der Waals surface area contributed by atoms with Crippen molar-refractivity contribution in [3.05, 3.63) is 27.7 Å². The van der Waals surface area contributed by atoms with Crippen LogP contribution in [0.25, 0.3) is 0 Å². The molecule has 0 radical (unpaired) electrons. The fourth-order valence-corrected chi connectivity index (χ4v) is 2.55. The van der Waals surface area contributed by atoms with Gasteiger partial charge in [0.15, 0.2) is 6.10 Å². The van der Waals surface area contributed by atoms with Gasteiger partial charge in [0.25, 0.3) is 0 Å².